The summed E-state index contributed by atoms with van der Waals surface area (Å²) in [7, 11) is -3.80. The molecule has 0 spiro atoms. The Morgan fingerprint density at radius 3 is 2.48 bits per heavy atom. The first-order valence-electron chi connectivity index (χ1n) is 10.3. The van der Waals surface area contributed by atoms with E-state index in [9.17, 15) is 13.2 Å². The van der Waals surface area contributed by atoms with Crippen LogP contribution in [0.1, 0.15) is 25.0 Å². The number of rotatable bonds is 9. The van der Waals surface area contributed by atoms with Crippen LogP contribution in [0.5, 0.6) is 5.75 Å². The van der Waals surface area contributed by atoms with E-state index in [1.165, 1.54) is 10.4 Å². The maximum Gasteiger partial charge on any atom is 0.243 e. The number of nitrogens with zero attached hydrogens (tertiary/aromatic N) is 1. The monoisotopic (exact) mass is 440 g/mol. The number of hydrogen-bond acceptors (Lipinski definition) is 4. The van der Waals surface area contributed by atoms with E-state index in [4.69, 9.17) is 4.74 Å². The third-order valence-electron chi connectivity index (χ3n) is 5.11. The molecule has 0 fully saturated rings. The van der Waals surface area contributed by atoms with Gasteiger partial charge in [0.05, 0.1) is 18.0 Å². The zero-order valence-electron chi connectivity index (χ0n) is 18.1. The standard InChI is InChI=1S/C24H28N2O4S/c1-4-26(31(28,29)21-13-14-23(30-5-2)18(3)15-21)17-24(27)25-16-20-11-8-10-19-9-6-7-12-22(19)20/h6-15H,4-5,16-17H2,1-3H3,(H,25,27). The topological polar surface area (TPSA) is 75.7 Å². The van der Waals surface area contributed by atoms with E-state index >= 15 is 0 Å². The van der Waals surface area contributed by atoms with Gasteiger partial charge < -0.3 is 10.1 Å². The SMILES string of the molecule is CCOc1ccc(S(=O)(=O)N(CC)CC(=O)NCc2cccc3ccccc23)cc1C. The molecule has 6 nitrogen and oxygen atoms in total. The van der Waals surface area contributed by atoms with Crippen LogP contribution in [0.15, 0.2) is 65.6 Å². The van der Waals surface area contributed by atoms with E-state index in [0.29, 0.717) is 18.9 Å². The van der Waals surface area contributed by atoms with Gasteiger partial charge in [-0.2, -0.15) is 4.31 Å². The third kappa shape index (κ3) is 5.24. The lowest BCUT2D eigenvalue weighted by Gasteiger charge is -2.21. The molecule has 3 aromatic rings. The number of ether oxygens (including phenoxy) is 1. The number of likely N-dealkylation sites (N-methyl/N-ethyl adjacent to an activating group) is 1. The molecule has 1 N–H and O–H groups in total. The lowest BCUT2D eigenvalue weighted by molar-refractivity contribution is -0.121. The van der Waals surface area contributed by atoms with E-state index in [1.54, 1.807) is 26.0 Å². The number of nitrogens with one attached hydrogen (secondary N) is 1. The Kier molecular flexibility index (Phi) is 7.30. The Morgan fingerprint density at radius 1 is 1.03 bits per heavy atom. The smallest absolute Gasteiger partial charge is 0.243 e. The lowest BCUT2D eigenvalue weighted by atomic mass is 10.0. The highest BCUT2D eigenvalue weighted by molar-refractivity contribution is 7.89. The van der Waals surface area contributed by atoms with Crippen LogP contribution in [0.4, 0.5) is 0 Å². The number of amides is 1. The van der Waals surface area contributed by atoms with E-state index in [2.05, 4.69) is 5.32 Å². The molecular weight excluding hydrogens is 412 g/mol. The van der Waals surface area contributed by atoms with Crippen molar-refractivity contribution in [3.05, 3.63) is 71.8 Å². The van der Waals surface area contributed by atoms with Gasteiger partial charge >= 0.3 is 0 Å². The Hall–Kier alpha value is -2.90. The van der Waals surface area contributed by atoms with Crippen LogP contribution in [0, 0.1) is 6.92 Å². The van der Waals surface area contributed by atoms with Gasteiger partial charge in [-0.25, -0.2) is 8.42 Å². The summed E-state index contributed by atoms with van der Waals surface area (Å²) >= 11 is 0. The second-order valence-electron chi connectivity index (χ2n) is 7.21. The predicted molar refractivity (Wildman–Crippen MR) is 123 cm³/mol. The molecule has 31 heavy (non-hydrogen) atoms. The number of carbonyl (C=O) groups excluding carboxylic acids is 1. The molecule has 0 bridgehead atoms. The number of sulfonamides is 1. The molecule has 0 aliphatic rings. The fourth-order valence-electron chi connectivity index (χ4n) is 3.47. The van der Waals surface area contributed by atoms with Crippen molar-refractivity contribution in [2.45, 2.75) is 32.2 Å². The van der Waals surface area contributed by atoms with Crippen molar-refractivity contribution in [3.63, 3.8) is 0 Å². The zero-order valence-corrected chi connectivity index (χ0v) is 18.9. The van der Waals surface area contributed by atoms with Crippen LogP contribution in [0.2, 0.25) is 0 Å². The Labute approximate surface area is 183 Å². The molecule has 0 saturated heterocycles. The number of fused-ring (bicyclic) bond motifs is 1. The average Bonchev–Trinajstić information content (AvgIpc) is 2.77. The molecule has 0 radical (unpaired) electrons. The third-order valence-corrected chi connectivity index (χ3v) is 7.03. The highest BCUT2D eigenvalue weighted by atomic mass is 32.2. The summed E-state index contributed by atoms with van der Waals surface area (Å²) in [6.07, 6.45) is 0. The summed E-state index contributed by atoms with van der Waals surface area (Å²) in [5.74, 6) is 0.304. The second-order valence-corrected chi connectivity index (χ2v) is 9.14. The number of carbonyl (C=O) groups is 1. The average molecular weight is 441 g/mol. The molecule has 0 aromatic heterocycles. The van der Waals surface area contributed by atoms with Gasteiger partial charge in [0, 0.05) is 13.1 Å². The minimum Gasteiger partial charge on any atom is -0.494 e. The van der Waals surface area contributed by atoms with E-state index in [-0.39, 0.29) is 23.9 Å². The van der Waals surface area contributed by atoms with Gasteiger partial charge in [-0.3, -0.25) is 4.79 Å². The van der Waals surface area contributed by atoms with Crippen LogP contribution in [-0.2, 0) is 21.4 Å². The van der Waals surface area contributed by atoms with Gasteiger partial charge in [0.2, 0.25) is 15.9 Å². The van der Waals surface area contributed by atoms with Crippen LogP contribution in [0.3, 0.4) is 0 Å². The Morgan fingerprint density at radius 2 is 1.77 bits per heavy atom. The van der Waals surface area contributed by atoms with Crippen molar-refractivity contribution >= 4 is 26.7 Å². The largest absolute Gasteiger partial charge is 0.494 e. The lowest BCUT2D eigenvalue weighted by Crippen LogP contribution is -2.40. The molecule has 0 aliphatic heterocycles. The van der Waals surface area contributed by atoms with Gasteiger partial charge in [-0.1, -0.05) is 49.4 Å². The molecule has 1 amide bonds. The molecule has 3 aromatic carbocycles. The first-order chi connectivity index (χ1) is 14.9. The molecule has 0 unspecified atom stereocenters. The molecule has 3 rings (SSSR count). The van der Waals surface area contributed by atoms with E-state index in [0.717, 1.165) is 21.9 Å². The molecular formula is C24H28N2O4S. The van der Waals surface area contributed by atoms with Gasteiger partial charge in [-0.15, -0.1) is 0 Å². The molecule has 7 heteroatoms. The summed E-state index contributed by atoms with van der Waals surface area (Å²) < 4.78 is 32.8. The van der Waals surface area contributed by atoms with Gasteiger partial charge in [0.15, 0.2) is 0 Å². The summed E-state index contributed by atoms with van der Waals surface area (Å²) in [4.78, 5) is 12.7. The summed E-state index contributed by atoms with van der Waals surface area (Å²) in [5, 5.41) is 5.01. The number of benzene rings is 3. The molecule has 0 aliphatic carbocycles. The van der Waals surface area contributed by atoms with Crippen molar-refractivity contribution in [3.8, 4) is 5.75 Å². The van der Waals surface area contributed by atoms with E-state index < -0.39 is 10.0 Å². The fourth-order valence-corrected chi connectivity index (χ4v) is 4.96. The Bertz CT molecular complexity index is 1170. The van der Waals surface area contributed by atoms with Crippen LogP contribution in [0.25, 0.3) is 10.8 Å². The van der Waals surface area contributed by atoms with Gasteiger partial charge in [0.1, 0.15) is 5.75 Å². The van der Waals surface area contributed by atoms with Crippen molar-refractivity contribution in [1.29, 1.82) is 0 Å². The highest BCUT2D eigenvalue weighted by Crippen LogP contribution is 2.24. The number of aryl methyl sites for hydroxylation is 1. The van der Waals surface area contributed by atoms with Crippen molar-refractivity contribution in [2.75, 3.05) is 19.7 Å². The minimum atomic E-state index is -3.80. The Balaban J connectivity index is 1.71. The molecule has 0 saturated carbocycles. The van der Waals surface area contributed by atoms with Crippen molar-refractivity contribution in [1.82, 2.24) is 9.62 Å². The highest BCUT2D eigenvalue weighted by Gasteiger charge is 2.26. The first kappa shape index (κ1) is 22.8. The first-order valence-corrected chi connectivity index (χ1v) is 11.8. The normalized spacial score (nSPS) is 11.6. The second kappa shape index (κ2) is 9.94. The molecule has 164 valence electrons. The van der Waals surface area contributed by atoms with Gasteiger partial charge in [0.25, 0.3) is 0 Å². The molecule has 0 heterocycles. The van der Waals surface area contributed by atoms with Crippen LogP contribution < -0.4 is 10.1 Å². The van der Waals surface area contributed by atoms with E-state index in [1.807, 2.05) is 49.4 Å². The predicted octanol–water partition coefficient (Wildman–Crippen LogP) is 3.87. The van der Waals surface area contributed by atoms with Gasteiger partial charge in [-0.05, 0) is 53.9 Å². The quantitative estimate of drug-likeness (QED) is 0.548. The maximum atomic E-state index is 13.1. The zero-order chi connectivity index (χ0) is 22.4. The summed E-state index contributed by atoms with van der Waals surface area (Å²) in [6.45, 7) is 6.19. The summed E-state index contributed by atoms with van der Waals surface area (Å²) in [5.41, 5.74) is 1.72. The maximum absolute atomic E-state index is 13.1. The van der Waals surface area contributed by atoms with Crippen LogP contribution in [-0.4, -0.2) is 38.3 Å². The van der Waals surface area contributed by atoms with Crippen LogP contribution >= 0.6 is 0 Å². The molecule has 0 atom stereocenters. The van der Waals surface area contributed by atoms with Crippen molar-refractivity contribution in [2.24, 2.45) is 0 Å². The minimum absolute atomic E-state index is 0.150. The summed E-state index contributed by atoms with van der Waals surface area (Å²) in [6, 6.07) is 18.6. The fraction of sp³-hybridized carbons (Fsp3) is 0.292. The van der Waals surface area contributed by atoms with Crippen molar-refractivity contribution < 1.29 is 17.9 Å². The number of hydrogen-bond donors (Lipinski definition) is 1.